The fraction of sp³-hybridized carbons (Fsp3) is 0.346. The van der Waals surface area contributed by atoms with Crippen molar-refractivity contribution in [2.75, 3.05) is 45.7 Å². The molecule has 1 saturated heterocycles. The van der Waals surface area contributed by atoms with Gasteiger partial charge in [0, 0.05) is 44.4 Å². The number of halogens is 1. The van der Waals surface area contributed by atoms with Crippen molar-refractivity contribution in [3.05, 3.63) is 64.2 Å². The third-order valence-corrected chi connectivity index (χ3v) is 6.07. The summed E-state index contributed by atoms with van der Waals surface area (Å²) in [6.07, 6.45) is 3.29. The fourth-order valence-electron chi connectivity index (χ4n) is 3.95. The number of nitriles is 1. The molecule has 1 heterocycles. The van der Waals surface area contributed by atoms with Crippen molar-refractivity contribution in [3.63, 3.8) is 0 Å². The predicted octanol–water partition coefficient (Wildman–Crippen LogP) is 3.99. The summed E-state index contributed by atoms with van der Waals surface area (Å²) >= 11 is 6.09. The molecule has 3 rings (SSSR count). The summed E-state index contributed by atoms with van der Waals surface area (Å²) in [5, 5.41) is 12.8. The van der Waals surface area contributed by atoms with Gasteiger partial charge in [-0.05, 0) is 60.7 Å². The van der Waals surface area contributed by atoms with Crippen molar-refractivity contribution in [1.29, 1.82) is 5.26 Å². The van der Waals surface area contributed by atoms with Crippen molar-refractivity contribution < 1.29 is 14.3 Å². The number of anilines is 1. The summed E-state index contributed by atoms with van der Waals surface area (Å²) in [6.45, 7) is 1.52. The van der Waals surface area contributed by atoms with Gasteiger partial charge in [0.2, 0.25) is 0 Å². The van der Waals surface area contributed by atoms with Crippen molar-refractivity contribution in [1.82, 2.24) is 10.2 Å². The minimum absolute atomic E-state index is 0.0463. The van der Waals surface area contributed by atoms with Crippen LogP contribution in [0.15, 0.2) is 48.0 Å². The molecule has 1 atom stereocenters. The maximum absolute atomic E-state index is 13.1. The molecule has 1 aliphatic rings. The van der Waals surface area contributed by atoms with Gasteiger partial charge in [-0.15, -0.1) is 0 Å². The van der Waals surface area contributed by atoms with E-state index in [-0.39, 0.29) is 17.4 Å². The summed E-state index contributed by atoms with van der Waals surface area (Å²) in [7, 11) is 5.42. The van der Waals surface area contributed by atoms with Crippen LogP contribution < -0.4 is 15.0 Å². The molecule has 2 aromatic rings. The second-order valence-electron chi connectivity index (χ2n) is 8.47. The first-order valence-electron chi connectivity index (χ1n) is 11.1. The molecule has 0 bridgehead atoms. The van der Waals surface area contributed by atoms with Crippen LogP contribution in [0, 0.1) is 17.2 Å². The standard InChI is InChI=1S/C26H29ClN4O3/c1-30(2)22-9-6-18(7-10-22)13-20(15-28)25(32)29-16-19-5-4-12-31(17-19)26(33)23-14-21(27)8-11-24(23)34-3/h6-11,13-14,19H,4-5,12,16-17H2,1-3H3,(H,29,32)/b20-13+. The molecule has 8 heteroatoms. The quantitative estimate of drug-likeness (QED) is 0.478. The first kappa shape index (κ1) is 25.1. The van der Waals surface area contributed by atoms with Gasteiger partial charge < -0.3 is 19.9 Å². The maximum atomic E-state index is 13.1. The van der Waals surface area contributed by atoms with E-state index in [1.807, 2.05) is 49.3 Å². The summed E-state index contributed by atoms with van der Waals surface area (Å²) < 4.78 is 5.32. The Labute approximate surface area is 205 Å². The van der Waals surface area contributed by atoms with E-state index in [0.29, 0.717) is 36.0 Å². The third kappa shape index (κ3) is 6.30. The SMILES string of the molecule is COc1ccc(Cl)cc1C(=O)N1CCCC(CNC(=O)/C(C#N)=C/c2ccc(N(C)C)cc2)C1. The van der Waals surface area contributed by atoms with E-state index in [1.54, 1.807) is 29.2 Å². The Kier molecular flexibility index (Phi) is 8.55. The molecule has 2 amide bonds. The van der Waals surface area contributed by atoms with Crippen LogP contribution in [0.25, 0.3) is 6.08 Å². The molecule has 7 nitrogen and oxygen atoms in total. The van der Waals surface area contributed by atoms with Crippen molar-refractivity contribution in [2.45, 2.75) is 12.8 Å². The molecule has 0 aromatic heterocycles. The van der Waals surface area contributed by atoms with Crippen LogP contribution in [0.2, 0.25) is 5.02 Å². The fourth-order valence-corrected chi connectivity index (χ4v) is 4.12. The van der Waals surface area contributed by atoms with Crippen LogP contribution in [0.5, 0.6) is 5.75 Å². The highest BCUT2D eigenvalue weighted by Gasteiger charge is 2.27. The van der Waals surface area contributed by atoms with Crippen LogP contribution in [0.3, 0.4) is 0 Å². The number of piperidine rings is 1. The monoisotopic (exact) mass is 480 g/mol. The zero-order chi connectivity index (χ0) is 24.7. The number of likely N-dealkylation sites (tertiary alicyclic amines) is 1. The van der Waals surface area contributed by atoms with Gasteiger partial charge in [0.25, 0.3) is 11.8 Å². The summed E-state index contributed by atoms with van der Waals surface area (Å²) in [5.41, 5.74) is 2.29. The molecule has 1 aliphatic heterocycles. The minimum atomic E-state index is -0.417. The van der Waals surface area contributed by atoms with Gasteiger partial charge in [-0.25, -0.2) is 0 Å². The van der Waals surface area contributed by atoms with Crippen LogP contribution in [0.1, 0.15) is 28.8 Å². The van der Waals surface area contributed by atoms with Gasteiger partial charge in [0.05, 0.1) is 12.7 Å². The first-order chi connectivity index (χ1) is 16.3. The molecule has 0 spiro atoms. The summed E-state index contributed by atoms with van der Waals surface area (Å²) in [6, 6.07) is 14.6. The third-order valence-electron chi connectivity index (χ3n) is 5.83. The zero-order valence-corrected chi connectivity index (χ0v) is 20.4. The van der Waals surface area contributed by atoms with Crippen molar-refractivity contribution in [2.24, 2.45) is 5.92 Å². The van der Waals surface area contributed by atoms with Gasteiger partial charge in [-0.2, -0.15) is 5.26 Å². The highest BCUT2D eigenvalue weighted by atomic mass is 35.5. The van der Waals surface area contributed by atoms with Gasteiger partial charge >= 0.3 is 0 Å². The number of amides is 2. The molecule has 2 aromatic carbocycles. The molecule has 34 heavy (non-hydrogen) atoms. The topological polar surface area (TPSA) is 85.7 Å². The molecular formula is C26H29ClN4O3. The molecule has 1 N–H and O–H groups in total. The van der Waals surface area contributed by atoms with Gasteiger partial charge in [0.1, 0.15) is 17.4 Å². The molecule has 0 aliphatic carbocycles. The number of nitrogens with zero attached hydrogens (tertiary/aromatic N) is 3. The smallest absolute Gasteiger partial charge is 0.261 e. The molecule has 178 valence electrons. The second-order valence-corrected chi connectivity index (χ2v) is 8.91. The maximum Gasteiger partial charge on any atom is 0.261 e. The lowest BCUT2D eigenvalue weighted by Gasteiger charge is -2.33. The second kappa shape index (κ2) is 11.6. The lowest BCUT2D eigenvalue weighted by Crippen LogP contribution is -2.44. The Balaban J connectivity index is 1.61. The number of carbonyl (C=O) groups is 2. The lowest BCUT2D eigenvalue weighted by atomic mass is 9.97. The largest absolute Gasteiger partial charge is 0.496 e. The molecule has 1 unspecified atom stereocenters. The Hall–Kier alpha value is -3.50. The average Bonchev–Trinajstić information content (AvgIpc) is 2.85. The number of ether oxygens (including phenoxy) is 1. The van der Waals surface area contributed by atoms with Crippen LogP contribution in [0.4, 0.5) is 5.69 Å². The lowest BCUT2D eigenvalue weighted by molar-refractivity contribution is -0.117. The Bertz CT molecular complexity index is 1110. The predicted molar refractivity (Wildman–Crippen MR) is 134 cm³/mol. The van der Waals surface area contributed by atoms with Crippen LogP contribution in [-0.4, -0.2) is 57.6 Å². The normalized spacial score (nSPS) is 15.9. The van der Waals surface area contributed by atoms with Gasteiger partial charge in [-0.3, -0.25) is 9.59 Å². The van der Waals surface area contributed by atoms with E-state index < -0.39 is 5.91 Å². The summed E-state index contributed by atoms with van der Waals surface area (Å²) in [4.78, 5) is 29.5. The number of hydrogen-bond acceptors (Lipinski definition) is 5. The van der Waals surface area contributed by atoms with E-state index in [1.165, 1.54) is 7.11 Å². The van der Waals surface area contributed by atoms with Crippen molar-refractivity contribution >= 4 is 35.2 Å². The zero-order valence-electron chi connectivity index (χ0n) is 19.7. The van der Waals surface area contributed by atoms with Crippen LogP contribution >= 0.6 is 11.6 Å². The number of rotatable bonds is 7. The van der Waals surface area contributed by atoms with Gasteiger partial charge in [-0.1, -0.05) is 23.7 Å². The van der Waals surface area contributed by atoms with Crippen LogP contribution in [-0.2, 0) is 4.79 Å². The molecule has 0 saturated carbocycles. The number of nitrogens with one attached hydrogen (secondary N) is 1. The number of carbonyl (C=O) groups excluding carboxylic acids is 2. The molecule has 1 fully saturated rings. The van der Waals surface area contributed by atoms with E-state index in [4.69, 9.17) is 16.3 Å². The van der Waals surface area contributed by atoms with E-state index in [0.717, 1.165) is 24.1 Å². The number of benzene rings is 2. The number of methoxy groups -OCH3 is 1. The van der Waals surface area contributed by atoms with E-state index in [2.05, 4.69) is 5.32 Å². The van der Waals surface area contributed by atoms with Crippen molar-refractivity contribution in [3.8, 4) is 11.8 Å². The Morgan fingerprint density at radius 3 is 2.65 bits per heavy atom. The average molecular weight is 481 g/mol. The van der Waals surface area contributed by atoms with E-state index >= 15 is 0 Å². The summed E-state index contributed by atoms with van der Waals surface area (Å²) in [5.74, 6) is 0.00619. The minimum Gasteiger partial charge on any atom is -0.496 e. The highest BCUT2D eigenvalue weighted by molar-refractivity contribution is 6.31. The first-order valence-corrected chi connectivity index (χ1v) is 11.5. The molecular weight excluding hydrogens is 452 g/mol. The highest BCUT2D eigenvalue weighted by Crippen LogP contribution is 2.26. The van der Waals surface area contributed by atoms with E-state index in [9.17, 15) is 14.9 Å². The van der Waals surface area contributed by atoms with Gasteiger partial charge in [0.15, 0.2) is 0 Å². The molecule has 0 radical (unpaired) electrons. The Morgan fingerprint density at radius 1 is 1.26 bits per heavy atom. The number of hydrogen-bond donors (Lipinski definition) is 1. The Morgan fingerprint density at radius 2 is 2.00 bits per heavy atom.